The summed E-state index contributed by atoms with van der Waals surface area (Å²) in [4.78, 5) is 6.84. The van der Waals surface area contributed by atoms with E-state index in [0.717, 1.165) is 25.2 Å². The van der Waals surface area contributed by atoms with Crippen LogP contribution in [-0.2, 0) is 6.54 Å². The van der Waals surface area contributed by atoms with Crippen LogP contribution in [-0.4, -0.2) is 41.2 Å². The molecule has 19 heavy (non-hydrogen) atoms. The van der Waals surface area contributed by atoms with Gasteiger partial charge in [0.15, 0.2) is 0 Å². The quantitative estimate of drug-likeness (QED) is 0.927. The van der Waals surface area contributed by atoms with Gasteiger partial charge in [0, 0.05) is 23.5 Å². The van der Waals surface area contributed by atoms with Gasteiger partial charge in [-0.2, -0.15) is 16.3 Å². The van der Waals surface area contributed by atoms with Crippen molar-refractivity contribution in [3.05, 3.63) is 22.7 Å². The molecule has 0 spiro atoms. The Hall–Kier alpha value is -1.24. The highest BCUT2D eigenvalue weighted by Gasteiger charge is 2.20. The third kappa shape index (κ3) is 3.02. The number of hydrogen-bond donors (Lipinski definition) is 1. The van der Waals surface area contributed by atoms with Crippen LogP contribution in [0.3, 0.4) is 0 Å². The molecule has 2 aromatic rings. The topological polar surface area (TPSA) is 54.2 Å². The summed E-state index contributed by atoms with van der Waals surface area (Å²) in [7, 11) is 2.02. The third-order valence-corrected chi connectivity index (χ3v) is 4.20. The Bertz CT molecular complexity index is 510. The fourth-order valence-corrected chi connectivity index (χ4v) is 3.09. The number of piperidine rings is 1. The summed E-state index contributed by atoms with van der Waals surface area (Å²) >= 11 is 1.64. The molecule has 6 heteroatoms. The molecular formula is C13H18N4OS. The van der Waals surface area contributed by atoms with Gasteiger partial charge in [-0.3, -0.25) is 4.90 Å². The lowest BCUT2D eigenvalue weighted by Crippen LogP contribution is -2.43. The number of likely N-dealkylation sites (tertiary alicyclic amines) is 1. The Morgan fingerprint density at radius 3 is 3.32 bits per heavy atom. The van der Waals surface area contributed by atoms with Crippen molar-refractivity contribution in [3.63, 3.8) is 0 Å². The minimum Gasteiger partial charge on any atom is -0.338 e. The summed E-state index contributed by atoms with van der Waals surface area (Å²) in [5, 5.41) is 11.4. The second kappa shape index (κ2) is 5.81. The van der Waals surface area contributed by atoms with Gasteiger partial charge in [0.2, 0.25) is 11.7 Å². The molecule has 0 bridgehead atoms. The van der Waals surface area contributed by atoms with E-state index in [1.54, 1.807) is 11.3 Å². The van der Waals surface area contributed by atoms with Crippen molar-refractivity contribution in [2.24, 2.45) is 0 Å². The lowest BCUT2D eigenvalue weighted by Gasteiger charge is -2.31. The maximum absolute atomic E-state index is 5.34. The molecule has 0 saturated carbocycles. The van der Waals surface area contributed by atoms with E-state index in [1.165, 1.54) is 12.8 Å². The van der Waals surface area contributed by atoms with Crippen LogP contribution >= 0.6 is 11.3 Å². The molecule has 1 atom stereocenters. The van der Waals surface area contributed by atoms with Crippen LogP contribution in [0.25, 0.3) is 11.4 Å². The Morgan fingerprint density at radius 1 is 1.58 bits per heavy atom. The van der Waals surface area contributed by atoms with Crippen molar-refractivity contribution in [2.75, 3.05) is 20.1 Å². The number of nitrogens with one attached hydrogen (secondary N) is 1. The largest absolute Gasteiger partial charge is 0.338 e. The van der Waals surface area contributed by atoms with E-state index in [2.05, 4.69) is 20.4 Å². The highest BCUT2D eigenvalue weighted by Crippen LogP contribution is 2.19. The van der Waals surface area contributed by atoms with E-state index in [1.807, 2.05) is 23.9 Å². The van der Waals surface area contributed by atoms with Gasteiger partial charge < -0.3 is 9.84 Å². The first-order chi connectivity index (χ1) is 9.35. The molecule has 0 radical (unpaired) electrons. The van der Waals surface area contributed by atoms with Crippen molar-refractivity contribution in [1.82, 2.24) is 20.4 Å². The number of thiophene rings is 1. The van der Waals surface area contributed by atoms with Gasteiger partial charge in [0.05, 0.1) is 6.54 Å². The molecule has 0 aliphatic carbocycles. The van der Waals surface area contributed by atoms with E-state index < -0.39 is 0 Å². The van der Waals surface area contributed by atoms with Crippen LogP contribution in [0.5, 0.6) is 0 Å². The molecule has 1 saturated heterocycles. The van der Waals surface area contributed by atoms with Crippen LogP contribution in [0.4, 0.5) is 0 Å². The Balaban J connectivity index is 1.64. The summed E-state index contributed by atoms with van der Waals surface area (Å²) in [6.45, 7) is 2.90. The Labute approximate surface area is 116 Å². The first-order valence-electron chi connectivity index (χ1n) is 6.60. The minimum absolute atomic E-state index is 0.577. The van der Waals surface area contributed by atoms with Gasteiger partial charge in [-0.1, -0.05) is 5.16 Å². The number of rotatable bonds is 4. The van der Waals surface area contributed by atoms with E-state index in [0.29, 0.717) is 17.8 Å². The van der Waals surface area contributed by atoms with Gasteiger partial charge in [0.1, 0.15) is 0 Å². The third-order valence-electron chi connectivity index (χ3n) is 3.52. The predicted molar refractivity (Wildman–Crippen MR) is 75.0 cm³/mol. The zero-order valence-electron chi connectivity index (χ0n) is 11.0. The van der Waals surface area contributed by atoms with Crippen LogP contribution in [0.2, 0.25) is 0 Å². The molecule has 1 fully saturated rings. The van der Waals surface area contributed by atoms with Crippen molar-refractivity contribution < 1.29 is 4.52 Å². The van der Waals surface area contributed by atoms with Gasteiger partial charge in [0.25, 0.3) is 0 Å². The van der Waals surface area contributed by atoms with Crippen molar-refractivity contribution in [3.8, 4) is 11.4 Å². The fraction of sp³-hybridized carbons (Fsp3) is 0.538. The first kappa shape index (κ1) is 12.8. The molecule has 3 heterocycles. The van der Waals surface area contributed by atoms with Crippen molar-refractivity contribution >= 4 is 11.3 Å². The summed E-state index contributed by atoms with van der Waals surface area (Å²) < 4.78 is 5.34. The maximum Gasteiger partial charge on any atom is 0.241 e. The average molecular weight is 278 g/mol. The van der Waals surface area contributed by atoms with E-state index in [4.69, 9.17) is 4.52 Å². The number of nitrogens with zero attached hydrogens (tertiary/aromatic N) is 3. The van der Waals surface area contributed by atoms with Gasteiger partial charge in [-0.25, -0.2) is 0 Å². The number of likely N-dealkylation sites (N-methyl/N-ethyl adjacent to an activating group) is 1. The number of aromatic nitrogens is 2. The highest BCUT2D eigenvalue weighted by molar-refractivity contribution is 7.08. The molecule has 102 valence electrons. The predicted octanol–water partition coefficient (Wildman–Crippen LogP) is 1.98. The second-order valence-electron chi connectivity index (χ2n) is 4.89. The molecule has 1 unspecified atom stereocenters. The zero-order valence-corrected chi connectivity index (χ0v) is 11.8. The van der Waals surface area contributed by atoms with Crippen molar-refractivity contribution in [2.45, 2.75) is 25.4 Å². The van der Waals surface area contributed by atoms with Gasteiger partial charge >= 0.3 is 0 Å². The van der Waals surface area contributed by atoms with E-state index in [9.17, 15) is 0 Å². The smallest absolute Gasteiger partial charge is 0.241 e. The normalized spacial score (nSPS) is 20.8. The van der Waals surface area contributed by atoms with Crippen LogP contribution in [0.1, 0.15) is 18.7 Å². The van der Waals surface area contributed by atoms with Crippen LogP contribution < -0.4 is 5.32 Å². The lowest BCUT2D eigenvalue weighted by molar-refractivity contribution is 0.167. The summed E-state index contributed by atoms with van der Waals surface area (Å²) in [6, 6.07) is 2.59. The highest BCUT2D eigenvalue weighted by atomic mass is 32.1. The summed E-state index contributed by atoms with van der Waals surface area (Å²) in [6.07, 6.45) is 2.47. The Kier molecular flexibility index (Phi) is 3.91. The fourth-order valence-electron chi connectivity index (χ4n) is 2.45. The SMILES string of the molecule is CNC1CCCN(Cc2nc(-c3ccsc3)no2)C1. The molecule has 1 aliphatic heterocycles. The van der Waals surface area contributed by atoms with Gasteiger partial charge in [-0.05, 0) is 37.9 Å². The zero-order chi connectivity index (χ0) is 13.1. The maximum atomic E-state index is 5.34. The Morgan fingerprint density at radius 2 is 2.53 bits per heavy atom. The van der Waals surface area contributed by atoms with Crippen molar-refractivity contribution in [1.29, 1.82) is 0 Å². The number of hydrogen-bond acceptors (Lipinski definition) is 6. The minimum atomic E-state index is 0.577. The van der Waals surface area contributed by atoms with E-state index >= 15 is 0 Å². The van der Waals surface area contributed by atoms with E-state index in [-0.39, 0.29) is 0 Å². The molecule has 1 N–H and O–H groups in total. The van der Waals surface area contributed by atoms with Crippen LogP contribution in [0, 0.1) is 0 Å². The van der Waals surface area contributed by atoms with Crippen LogP contribution in [0.15, 0.2) is 21.3 Å². The summed E-state index contributed by atoms with van der Waals surface area (Å²) in [5.41, 5.74) is 1.03. The molecular weight excluding hydrogens is 260 g/mol. The summed E-state index contributed by atoms with van der Waals surface area (Å²) in [5.74, 6) is 1.40. The molecule has 0 aromatic carbocycles. The monoisotopic (exact) mass is 278 g/mol. The second-order valence-corrected chi connectivity index (χ2v) is 5.67. The molecule has 5 nitrogen and oxygen atoms in total. The standard InChI is InChI=1S/C13H18N4OS/c1-14-11-3-2-5-17(7-11)8-12-15-13(16-18-12)10-4-6-19-9-10/h4,6,9,11,14H,2-3,5,7-8H2,1H3. The molecule has 2 aromatic heterocycles. The first-order valence-corrected chi connectivity index (χ1v) is 7.54. The molecule has 1 aliphatic rings. The molecule has 3 rings (SSSR count). The average Bonchev–Trinajstić information content (AvgIpc) is 3.09. The van der Waals surface area contributed by atoms with Gasteiger partial charge in [-0.15, -0.1) is 0 Å². The molecule has 0 amide bonds. The lowest BCUT2D eigenvalue weighted by atomic mass is 10.1.